The van der Waals surface area contributed by atoms with E-state index in [0.29, 0.717) is 19.8 Å². The Morgan fingerprint density at radius 3 is 1.83 bits per heavy atom. The van der Waals surface area contributed by atoms with E-state index in [4.69, 9.17) is 24.1 Å². The third kappa shape index (κ3) is 15.3. The van der Waals surface area contributed by atoms with Crippen molar-refractivity contribution in [3.8, 4) is 0 Å². The Kier molecular flexibility index (Phi) is 17.3. The van der Waals surface area contributed by atoms with Crippen molar-refractivity contribution in [2.24, 2.45) is 0 Å². The molecule has 0 radical (unpaired) electrons. The van der Waals surface area contributed by atoms with Crippen molar-refractivity contribution < 1.29 is 34.3 Å². The van der Waals surface area contributed by atoms with E-state index in [1.54, 1.807) is 0 Å². The van der Waals surface area contributed by atoms with Crippen molar-refractivity contribution in [1.82, 2.24) is 0 Å². The van der Waals surface area contributed by atoms with E-state index in [9.17, 15) is 10.2 Å². The standard InChI is InChI=1S/C17H36O7/c1-3-5-7-21-10-16(20)11-23-14-17(13-22-8-6-4-2)24-12-15(19)9-18/h15-20H,3-14H2,1-2H3. The molecule has 3 N–H and O–H groups in total. The third-order valence-corrected chi connectivity index (χ3v) is 3.25. The summed E-state index contributed by atoms with van der Waals surface area (Å²) in [6.45, 7) is 6.13. The first-order valence-corrected chi connectivity index (χ1v) is 8.95. The van der Waals surface area contributed by atoms with Crippen LogP contribution >= 0.6 is 0 Å². The van der Waals surface area contributed by atoms with Gasteiger partial charge in [-0.2, -0.15) is 0 Å². The molecule has 0 fully saturated rings. The van der Waals surface area contributed by atoms with Crippen molar-refractivity contribution in [1.29, 1.82) is 0 Å². The number of ether oxygens (including phenoxy) is 4. The van der Waals surface area contributed by atoms with E-state index in [0.717, 1.165) is 25.7 Å². The first-order valence-electron chi connectivity index (χ1n) is 8.95. The first-order chi connectivity index (χ1) is 11.6. The van der Waals surface area contributed by atoms with Crippen molar-refractivity contribution in [3.63, 3.8) is 0 Å². The van der Waals surface area contributed by atoms with E-state index in [-0.39, 0.29) is 39.1 Å². The van der Waals surface area contributed by atoms with Gasteiger partial charge in [0, 0.05) is 13.2 Å². The molecule has 0 amide bonds. The van der Waals surface area contributed by atoms with Crippen LogP contribution in [0.15, 0.2) is 0 Å². The van der Waals surface area contributed by atoms with Gasteiger partial charge < -0.3 is 34.3 Å². The lowest BCUT2D eigenvalue weighted by atomic mass is 10.3. The smallest absolute Gasteiger partial charge is 0.104 e. The third-order valence-electron chi connectivity index (χ3n) is 3.25. The van der Waals surface area contributed by atoms with E-state index in [1.165, 1.54) is 0 Å². The summed E-state index contributed by atoms with van der Waals surface area (Å²) in [6.07, 6.45) is 2.12. The highest BCUT2D eigenvalue weighted by molar-refractivity contribution is 4.60. The second kappa shape index (κ2) is 17.5. The lowest BCUT2D eigenvalue weighted by molar-refractivity contribution is -0.0996. The molecule has 7 nitrogen and oxygen atoms in total. The predicted octanol–water partition coefficient (Wildman–Crippen LogP) is 0.736. The normalized spacial score (nSPS) is 15.4. The fraction of sp³-hybridized carbons (Fsp3) is 1.00. The zero-order valence-corrected chi connectivity index (χ0v) is 15.2. The number of aliphatic hydroxyl groups excluding tert-OH is 3. The van der Waals surface area contributed by atoms with Gasteiger partial charge in [0.25, 0.3) is 0 Å². The molecule has 0 aliphatic carbocycles. The Morgan fingerprint density at radius 1 is 0.708 bits per heavy atom. The fourth-order valence-electron chi connectivity index (χ4n) is 1.75. The van der Waals surface area contributed by atoms with Gasteiger partial charge in [-0.1, -0.05) is 26.7 Å². The second-order valence-electron chi connectivity index (χ2n) is 5.84. The van der Waals surface area contributed by atoms with Crippen LogP contribution in [0.5, 0.6) is 0 Å². The quantitative estimate of drug-likeness (QED) is 0.313. The topological polar surface area (TPSA) is 97.6 Å². The summed E-state index contributed by atoms with van der Waals surface area (Å²) in [4.78, 5) is 0. The summed E-state index contributed by atoms with van der Waals surface area (Å²) in [5.74, 6) is 0. The summed E-state index contributed by atoms with van der Waals surface area (Å²) in [7, 11) is 0. The van der Waals surface area contributed by atoms with Gasteiger partial charge in [0.15, 0.2) is 0 Å². The van der Waals surface area contributed by atoms with Gasteiger partial charge in [-0.05, 0) is 12.8 Å². The van der Waals surface area contributed by atoms with Crippen molar-refractivity contribution in [2.75, 3.05) is 52.9 Å². The Balaban J connectivity index is 3.91. The molecule has 24 heavy (non-hydrogen) atoms. The van der Waals surface area contributed by atoms with E-state index in [2.05, 4.69) is 13.8 Å². The van der Waals surface area contributed by atoms with Crippen LogP contribution in [0.3, 0.4) is 0 Å². The van der Waals surface area contributed by atoms with Crippen LogP contribution in [-0.4, -0.2) is 86.5 Å². The number of unbranched alkanes of at least 4 members (excludes halogenated alkanes) is 2. The minimum Gasteiger partial charge on any atom is -0.394 e. The maximum atomic E-state index is 9.77. The molecule has 0 aliphatic heterocycles. The van der Waals surface area contributed by atoms with Crippen LogP contribution in [-0.2, 0) is 18.9 Å². The highest BCUT2D eigenvalue weighted by Crippen LogP contribution is 2.00. The molecule has 0 aromatic rings. The molecule has 3 atom stereocenters. The molecule has 0 spiro atoms. The molecule has 0 aliphatic rings. The van der Waals surface area contributed by atoms with E-state index >= 15 is 0 Å². The lowest BCUT2D eigenvalue weighted by Gasteiger charge is -2.20. The van der Waals surface area contributed by atoms with Gasteiger partial charge in [-0.15, -0.1) is 0 Å². The molecule has 0 aromatic heterocycles. The Morgan fingerprint density at radius 2 is 1.25 bits per heavy atom. The zero-order valence-electron chi connectivity index (χ0n) is 15.2. The summed E-state index contributed by atoms with van der Waals surface area (Å²) >= 11 is 0. The van der Waals surface area contributed by atoms with Crippen molar-refractivity contribution in [3.05, 3.63) is 0 Å². The lowest BCUT2D eigenvalue weighted by Crippen LogP contribution is -2.32. The number of aliphatic hydroxyl groups is 3. The fourth-order valence-corrected chi connectivity index (χ4v) is 1.75. The summed E-state index contributed by atoms with van der Waals surface area (Å²) < 4.78 is 21.8. The summed E-state index contributed by atoms with van der Waals surface area (Å²) in [6, 6.07) is 0. The summed E-state index contributed by atoms with van der Waals surface area (Å²) in [5, 5.41) is 27.9. The molecule has 0 aromatic carbocycles. The number of rotatable bonds is 18. The molecular weight excluding hydrogens is 316 g/mol. The van der Waals surface area contributed by atoms with Crippen LogP contribution < -0.4 is 0 Å². The molecule has 146 valence electrons. The maximum Gasteiger partial charge on any atom is 0.104 e. The van der Waals surface area contributed by atoms with Crippen LogP contribution in [0.4, 0.5) is 0 Å². The average Bonchev–Trinajstić information content (AvgIpc) is 2.59. The molecule has 0 bridgehead atoms. The molecule has 3 unspecified atom stereocenters. The molecular formula is C17H36O7. The second-order valence-corrected chi connectivity index (χ2v) is 5.84. The van der Waals surface area contributed by atoms with E-state index < -0.39 is 12.2 Å². The van der Waals surface area contributed by atoms with Crippen LogP contribution in [0.2, 0.25) is 0 Å². The Labute approximate surface area is 145 Å². The van der Waals surface area contributed by atoms with Gasteiger partial charge >= 0.3 is 0 Å². The first kappa shape index (κ1) is 23.7. The van der Waals surface area contributed by atoms with Crippen molar-refractivity contribution >= 4 is 0 Å². The molecule has 7 heteroatoms. The predicted molar refractivity (Wildman–Crippen MR) is 91.1 cm³/mol. The zero-order chi connectivity index (χ0) is 18.0. The molecule has 0 saturated heterocycles. The molecule has 0 saturated carbocycles. The Bertz CT molecular complexity index is 253. The molecule has 0 rings (SSSR count). The maximum absolute atomic E-state index is 9.77. The van der Waals surface area contributed by atoms with Crippen LogP contribution in [0.25, 0.3) is 0 Å². The average molecular weight is 352 g/mol. The van der Waals surface area contributed by atoms with Gasteiger partial charge in [0.2, 0.25) is 0 Å². The van der Waals surface area contributed by atoms with Gasteiger partial charge in [-0.25, -0.2) is 0 Å². The Hall–Kier alpha value is -0.280. The van der Waals surface area contributed by atoms with Gasteiger partial charge in [0.1, 0.15) is 18.3 Å². The minimum absolute atomic E-state index is 0.0182. The molecule has 0 heterocycles. The van der Waals surface area contributed by atoms with Crippen LogP contribution in [0.1, 0.15) is 39.5 Å². The SMILES string of the molecule is CCCCOCC(O)COCC(COCCCC)OCC(O)CO. The highest BCUT2D eigenvalue weighted by Gasteiger charge is 2.14. The number of hydrogen-bond donors (Lipinski definition) is 3. The van der Waals surface area contributed by atoms with E-state index in [1.807, 2.05) is 0 Å². The van der Waals surface area contributed by atoms with Crippen molar-refractivity contribution in [2.45, 2.75) is 57.8 Å². The minimum atomic E-state index is -0.916. The van der Waals surface area contributed by atoms with Crippen LogP contribution in [0, 0.1) is 0 Å². The largest absolute Gasteiger partial charge is 0.394 e. The highest BCUT2D eigenvalue weighted by atomic mass is 16.6. The van der Waals surface area contributed by atoms with Gasteiger partial charge in [-0.3, -0.25) is 0 Å². The monoisotopic (exact) mass is 352 g/mol. The number of hydrogen-bond acceptors (Lipinski definition) is 7. The van der Waals surface area contributed by atoms with Gasteiger partial charge in [0.05, 0.1) is 39.6 Å². The summed E-state index contributed by atoms with van der Waals surface area (Å²) in [5.41, 5.74) is 0.